The fourth-order valence-electron chi connectivity index (χ4n) is 2.97. The molecular formula is C20H14ClF6NO2. The summed E-state index contributed by atoms with van der Waals surface area (Å²) in [7, 11) is 0. The van der Waals surface area contributed by atoms with Crippen LogP contribution >= 0.6 is 11.6 Å². The molecule has 30 heavy (non-hydrogen) atoms. The summed E-state index contributed by atoms with van der Waals surface area (Å²) in [4.78, 5) is 12.4. The zero-order chi connectivity index (χ0) is 22.1. The Balaban J connectivity index is 1.88. The van der Waals surface area contributed by atoms with Crippen molar-refractivity contribution in [2.45, 2.75) is 25.2 Å². The number of benzene rings is 2. The molecule has 0 atom stereocenters. The number of anilines is 1. The SMILES string of the molecule is O=C(C=C1CCCOc2cc(C(F)(F)F)ccc21)Nc1ccc(Cl)c(C(F)(F)F)c1. The van der Waals surface area contributed by atoms with Crippen molar-refractivity contribution in [1.82, 2.24) is 0 Å². The number of amides is 1. The van der Waals surface area contributed by atoms with Crippen LogP contribution < -0.4 is 10.1 Å². The highest BCUT2D eigenvalue weighted by Crippen LogP contribution is 2.38. The van der Waals surface area contributed by atoms with Gasteiger partial charge in [-0.05, 0) is 48.7 Å². The van der Waals surface area contributed by atoms with Gasteiger partial charge in [-0.2, -0.15) is 26.3 Å². The van der Waals surface area contributed by atoms with E-state index in [0.717, 1.165) is 24.3 Å². The van der Waals surface area contributed by atoms with Crippen molar-refractivity contribution in [2.24, 2.45) is 0 Å². The summed E-state index contributed by atoms with van der Waals surface area (Å²) in [5.74, 6) is -0.736. The van der Waals surface area contributed by atoms with Crippen molar-refractivity contribution in [2.75, 3.05) is 11.9 Å². The zero-order valence-electron chi connectivity index (χ0n) is 15.1. The molecule has 1 aliphatic heterocycles. The second-order valence-corrected chi connectivity index (χ2v) is 6.92. The van der Waals surface area contributed by atoms with Crippen molar-refractivity contribution >= 4 is 28.8 Å². The standard InChI is InChI=1S/C20H14ClF6NO2/c21-16-6-4-13(10-15(16)20(25,26)27)28-18(29)8-11-2-1-7-30-17-9-12(19(22,23)24)3-5-14(11)17/h3-6,8-10H,1-2,7H2,(H,28,29). The summed E-state index contributed by atoms with van der Waals surface area (Å²) in [6, 6.07) is 5.90. The Labute approximate surface area is 172 Å². The van der Waals surface area contributed by atoms with E-state index in [0.29, 0.717) is 30.0 Å². The lowest BCUT2D eigenvalue weighted by atomic mass is 9.99. The van der Waals surface area contributed by atoms with Crippen molar-refractivity contribution in [3.8, 4) is 5.75 Å². The number of alkyl halides is 6. The summed E-state index contributed by atoms with van der Waals surface area (Å²) < 4.78 is 83.0. The lowest BCUT2D eigenvalue weighted by Gasteiger charge is -2.13. The number of ether oxygens (including phenoxy) is 1. The molecule has 10 heteroatoms. The van der Waals surface area contributed by atoms with E-state index in [1.165, 1.54) is 12.1 Å². The predicted molar refractivity (Wildman–Crippen MR) is 99.2 cm³/mol. The fraction of sp³-hybridized carbons (Fsp3) is 0.250. The van der Waals surface area contributed by atoms with Crippen LogP contribution in [-0.4, -0.2) is 12.5 Å². The van der Waals surface area contributed by atoms with Crippen LogP contribution in [-0.2, 0) is 17.1 Å². The minimum Gasteiger partial charge on any atom is -0.493 e. The number of hydrogen-bond acceptors (Lipinski definition) is 2. The molecule has 0 aliphatic carbocycles. The molecule has 3 nitrogen and oxygen atoms in total. The highest BCUT2D eigenvalue weighted by Gasteiger charge is 2.34. The maximum absolute atomic E-state index is 13.0. The zero-order valence-corrected chi connectivity index (χ0v) is 15.9. The number of allylic oxidation sites excluding steroid dienone is 1. The molecule has 1 amide bonds. The number of hydrogen-bond donors (Lipinski definition) is 1. The summed E-state index contributed by atoms with van der Waals surface area (Å²) in [5, 5.41) is 1.82. The van der Waals surface area contributed by atoms with Crippen LogP contribution in [0.1, 0.15) is 29.5 Å². The van der Waals surface area contributed by atoms with Crippen LogP contribution in [0.25, 0.3) is 5.57 Å². The van der Waals surface area contributed by atoms with Gasteiger partial charge in [-0.25, -0.2) is 0 Å². The van der Waals surface area contributed by atoms with E-state index in [-0.39, 0.29) is 18.0 Å². The molecule has 0 bridgehead atoms. The molecule has 160 valence electrons. The van der Waals surface area contributed by atoms with Crippen molar-refractivity contribution in [3.63, 3.8) is 0 Å². The van der Waals surface area contributed by atoms with Crippen LogP contribution in [0, 0.1) is 0 Å². The third-order valence-electron chi connectivity index (χ3n) is 4.35. The normalized spacial score (nSPS) is 15.9. The molecule has 1 heterocycles. The van der Waals surface area contributed by atoms with Crippen LogP contribution in [0.5, 0.6) is 5.75 Å². The Morgan fingerprint density at radius 1 is 1.03 bits per heavy atom. The van der Waals surface area contributed by atoms with Gasteiger partial charge in [0.1, 0.15) is 5.75 Å². The summed E-state index contributed by atoms with van der Waals surface area (Å²) in [6.45, 7) is 0.166. The lowest BCUT2D eigenvalue weighted by molar-refractivity contribution is -0.138. The Morgan fingerprint density at radius 3 is 2.43 bits per heavy atom. The molecule has 0 saturated carbocycles. The van der Waals surface area contributed by atoms with Gasteiger partial charge in [-0.15, -0.1) is 0 Å². The number of carbonyl (C=O) groups is 1. The average molecular weight is 450 g/mol. The second-order valence-electron chi connectivity index (χ2n) is 6.51. The predicted octanol–water partition coefficient (Wildman–Crippen LogP) is 6.57. The molecule has 2 aromatic carbocycles. The van der Waals surface area contributed by atoms with E-state index < -0.39 is 34.4 Å². The quantitative estimate of drug-likeness (QED) is 0.416. The molecule has 3 rings (SSSR count). The first-order valence-electron chi connectivity index (χ1n) is 8.68. The number of fused-ring (bicyclic) bond motifs is 1. The molecule has 1 N–H and O–H groups in total. The van der Waals surface area contributed by atoms with Gasteiger partial charge in [0.25, 0.3) is 0 Å². The Bertz CT molecular complexity index is 998. The maximum atomic E-state index is 13.0. The van der Waals surface area contributed by atoms with E-state index in [4.69, 9.17) is 16.3 Å². The largest absolute Gasteiger partial charge is 0.493 e. The number of carbonyl (C=O) groups excluding carboxylic acids is 1. The van der Waals surface area contributed by atoms with E-state index >= 15 is 0 Å². The third kappa shape index (κ3) is 5.08. The lowest BCUT2D eigenvalue weighted by Crippen LogP contribution is -2.11. The van der Waals surface area contributed by atoms with Crippen molar-refractivity contribution < 1.29 is 35.9 Å². The summed E-state index contributed by atoms with van der Waals surface area (Å²) in [6.07, 6.45) is -7.29. The minimum atomic E-state index is -4.69. The number of nitrogens with one attached hydrogen (secondary N) is 1. The number of rotatable bonds is 2. The minimum absolute atomic E-state index is 0.00720. The van der Waals surface area contributed by atoms with Crippen LogP contribution in [0.2, 0.25) is 5.02 Å². The van der Waals surface area contributed by atoms with Gasteiger partial charge >= 0.3 is 12.4 Å². The highest BCUT2D eigenvalue weighted by molar-refractivity contribution is 6.31. The molecule has 0 saturated heterocycles. The number of halogens is 7. The second kappa shape index (κ2) is 8.22. The Morgan fingerprint density at radius 2 is 1.77 bits per heavy atom. The molecule has 0 aromatic heterocycles. The maximum Gasteiger partial charge on any atom is 0.417 e. The first-order chi connectivity index (χ1) is 13.9. The average Bonchev–Trinajstić information content (AvgIpc) is 2.83. The van der Waals surface area contributed by atoms with E-state index in [1.807, 2.05) is 0 Å². The summed E-state index contributed by atoms with van der Waals surface area (Å²) in [5.41, 5.74) is -1.36. The first-order valence-corrected chi connectivity index (χ1v) is 9.05. The van der Waals surface area contributed by atoms with Crippen LogP contribution in [0.15, 0.2) is 42.5 Å². The van der Waals surface area contributed by atoms with Crippen LogP contribution in [0.4, 0.5) is 32.0 Å². The van der Waals surface area contributed by atoms with Crippen molar-refractivity contribution in [1.29, 1.82) is 0 Å². The van der Waals surface area contributed by atoms with Crippen LogP contribution in [0.3, 0.4) is 0 Å². The molecule has 2 aromatic rings. The third-order valence-corrected chi connectivity index (χ3v) is 4.68. The van der Waals surface area contributed by atoms with E-state index in [1.54, 1.807) is 0 Å². The Kier molecular flexibility index (Phi) is 6.03. The summed E-state index contributed by atoms with van der Waals surface area (Å²) >= 11 is 5.55. The van der Waals surface area contributed by atoms with Gasteiger partial charge in [0.15, 0.2) is 0 Å². The molecule has 0 radical (unpaired) electrons. The van der Waals surface area contributed by atoms with Gasteiger partial charge < -0.3 is 10.1 Å². The molecule has 0 unspecified atom stereocenters. The van der Waals surface area contributed by atoms with Crippen molar-refractivity contribution in [3.05, 3.63) is 64.2 Å². The van der Waals surface area contributed by atoms with Gasteiger partial charge in [-0.3, -0.25) is 4.79 Å². The first kappa shape index (κ1) is 22.0. The monoisotopic (exact) mass is 449 g/mol. The Hall–Kier alpha value is -2.68. The van der Waals surface area contributed by atoms with Gasteiger partial charge in [-0.1, -0.05) is 17.7 Å². The molecule has 1 aliphatic rings. The molecular weight excluding hydrogens is 436 g/mol. The van der Waals surface area contributed by atoms with Gasteiger partial charge in [0, 0.05) is 17.3 Å². The highest BCUT2D eigenvalue weighted by atomic mass is 35.5. The van der Waals surface area contributed by atoms with E-state index in [9.17, 15) is 31.1 Å². The molecule has 0 fully saturated rings. The smallest absolute Gasteiger partial charge is 0.417 e. The van der Waals surface area contributed by atoms with E-state index in [2.05, 4.69) is 5.32 Å². The fourth-order valence-corrected chi connectivity index (χ4v) is 3.19. The van der Waals surface area contributed by atoms with Gasteiger partial charge in [0.05, 0.1) is 22.8 Å². The van der Waals surface area contributed by atoms with Gasteiger partial charge in [0.2, 0.25) is 5.91 Å². The molecule has 0 spiro atoms. The topological polar surface area (TPSA) is 38.3 Å².